The fourth-order valence-electron chi connectivity index (χ4n) is 2.09. The molecular formula is C16H18N2O. The molecule has 2 aromatic rings. The summed E-state index contributed by atoms with van der Waals surface area (Å²) in [6, 6.07) is 11.9. The summed E-state index contributed by atoms with van der Waals surface area (Å²) in [5, 5.41) is 8.88. The molecule has 0 saturated carbocycles. The number of aryl methyl sites for hydroxylation is 1. The summed E-state index contributed by atoms with van der Waals surface area (Å²) in [4.78, 5) is 2.31. The van der Waals surface area contributed by atoms with Gasteiger partial charge in [-0.25, -0.2) is 0 Å². The van der Waals surface area contributed by atoms with Gasteiger partial charge in [0.15, 0.2) is 0 Å². The highest BCUT2D eigenvalue weighted by molar-refractivity contribution is 5.37. The standard InChI is InChI=1S/C16H18N2O/c1-3-18(12-16-5-4-8-19-16)11-15-7-6-14(10-17)9-13(15)2/h4-9H,3,11-12H2,1-2H3. The van der Waals surface area contributed by atoms with Gasteiger partial charge in [-0.15, -0.1) is 0 Å². The molecule has 0 radical (unpaired) electrons. The number of rotatable bonds is 5. The molecule has 0 aliphatic carbocycles. The number of benzene rings is 1. The van der Waals surface area contributed by atoms with Crippen molar-refractivity contribution in [3.8, 4) is 6.07 Å². The van der Waals surface area contributed by atoms with Gasteiger partial charge in [-0.1, -0.05) is 13.0 Å². The fourth-order valence-corrected chi connectivity index (χ4v) is 2.09. The Balaban J connectivity index is 2.08. The molecule has 0 aliphatic heterocycles. The lowest BCUT2D eigenvalue weighted by atomic mass is 10.1. The van der Waals surface area contributed by atoms with Crippen LogP contribution in [0.2, 0.25) is 0 Å². The predicted molar refractivity (Wildman–Crippen MR) is 74.4 cm³/mol. The van der Waals surface area contributed by atoms with E-state index in [4.69, 9.17) is 9.68 Å². The Morgan fingerprint density at radius 1 is 1.26 bits per heavy atom. The van der Waals surface area contributed by atoms with Crippen LogP contribution in [0.25, 0.3) is 0 Å². The number of hydrogen-bond donors (Lipinski definition) is 0. The van der Waals surface area contributed by atoms with Gasteiger partial charge in [0.1, 0.15) is 5.76 Å². The summed E-state index contributed by atoms with van der Waals surface area (Å²) in [6.07, 6.45) is 1.70. The third kappa shape index (κ3) is 3.46. The molecule has 1 heterocycles. The lowest BCUT2D eigenvalue weighted by molar-refractivity contribution is 0.247. The van der Waals surface area contributed by atoms with Crippen LogP contribution in [0, 0.1) is 18.3 Å². The summed E-state index contributed by atoms with van der Waals surface area (Å²) >= 11 is 0. The van der Waals surface area contributed by atoms with Crippen LogP contribution in [0.5, 0.6) is 0 Å². The predicted octanol–water partition coefficient (Wildman–Crippen LogP) is 3.48. The van der Waals surface area contributed by atoms with Crippen LogP contribution >= 0.6 is 0 Å². The van der Waals surface area contributed by atoms with Gasteiger partial charge in [-0.3, -0.25) is 4.90 Å². The lowest BCUT2D eigenvalue weighted by Crippen LogP contribution is -2.22. The minimum atomic E-state index is 0.718. The van der Waals surface area contributed by atoms with E-state index in [9.17, 15) is 0 Å². The molecule has 0 unspecified atom stereocenters. The van der Waals surface area contributed by atoms with Gasteiger partial charge in [0.05, 0.1) is 24.4 Å². The molecule has 3 heteroatoms. The van der Waals surface area contributed by atoms with Crippen molar-refractivity contribution in [2.24, 2.45) is 0 Å². The van der Waals surface area contributed by atoms with E-state index in [0.29, 0.717) is 0 Å². The Labute approximate surface area is 114 Å². The average Bonchev–Trinajstić information content (AvgIpc) is 2.92. The highest BCUT2D eigenvalue weighted by Gasteiger charge is 2.08. The minimum Gasteiger partial charge on any atom is -0.468 e. The number of hydrogen-bond acceptors (Lipinski definition) is 3. The monoisotopic (exact) mass is 254 g/mol. The van der Waals surface area contributed by atoms with Crippen molar-refractivity contribution >= 4 is 0 Å². The largest absolute Gasteiger partial charge is 0.468 e. The Bertz CT molecular complexity index is 567. The van der Waals surface area contributed by atoms with Crippen LogP contribution in [-0.2, 0) is 13.1 Å². The van der Waals surface area contributed by atoms with E-state index in [0.717, 1.165) is 36.5 Å². The molecule has 19 heavy (non-hydrogen) atoms. The third-order valence-electron chi connectivity index (χ3n) is 3.27. The SMILES string of the molecule is CCN(Cc1ccco1)Cc1ccc(C#N)cc1C. The highest BCUT2D eigenvalue weighted by atomic mass is 16.3. The first kappa shape index (κ1) is 13.4. The first-order valence-electron chi connectivity index (χ1n) is 6.47. The van der Waals surface area contributed by atoms with Crippen molar-refractivity contribution in [1.82, 2.24) is 4.90 Å². The molecule has 0 aliphatic rings. The summed E-state index contributed by atoms with van der Waals surface area (Å²) in [6.45, 7) is 6.83. The number of nitrogens with zero attached hydrogens (tertiary/aromatic N) is 2. The van der Waals surface area contributed by atoms with Crippen molar-refractivity contribution in [3.63, 3.8) is 0 Å². The Kier molecular flexibility index (Phi) is 4.38. The van der Waals surface area contributed by atoms with Gasteiger partial charge in [-0.2, -0.15) is 5.26 Å². The van der Waals surface area contributed by atoms with Gasteiger partial charge in [0.2, 0.25) is 0 Å². The van der Waals surface area contributed by atoms with E-state index in [1.54, 1.807) is 6.26 Å². The molecule has 98 valence electrons. The summed E-state index contributed by atoms with van der Waals surface area (Å²) in [7, 11) is 0. The third-order valence-corrected chi connectivity index (χ3v) is 3.27. The van der Waals surface area contributed by atoms with Gasteiger partial charge >= 0.3 is 0 Å². The zero-order chi connectivity index (χ0) is 13.7. The maximum Gasteiger partial charge on any atom is 0.117 e. The minimum absolute atomic E-state index is 0.718. The van der Waals surface area contributed by atoms with Gasteiger partial charge in [-0.05, 0) is 48.9 Å². The maximum absolute atomic E-state index is 8.88. The quantitative estimate of drug-likeness (QED) is 0.820. The second-order valence-electron chi connectivity index (χ2n) is 4.64. The zero-order valence-corrected chi connectivity index (χ0v) is 11.4. The molecule has 1 aromatic heterocycles. The van der Waals surface area contributed by atoms with E-state index in [-0.39, 0.29) is 0 Å². The van der Waals surface area contributed by atoms with Crippen LogP contribution in [0.4, 0.5) is 0 Å². The van der Waals surface area contributed by atoms with Crippen molar-refractivity contribution in [2.75, 3.05) is 6.54 Å². The van der Waals surface area contributed by atoms with Crippen LogP contribution < -0.4 is 0 Å². The van der Waals surface area contributed by atoms with Gasteiger partial charge < -0.3 is 4.42 Å². The molecule has 1 aromatic carbocycles. The van der Waals surface area contributed by atoms with E-state index in [1.807, 2.05) is 30.3 Å². The Morgan fingerprint density at radius 2 is 2.11 bits per heavy atom. The second-order valence-corrected chi connectivity index (χ2v) is 4.64. The van der Waals surface area contributed by atoms with Crippen LogP contribution in [0.1, 0.15) is 29.4 Å². The molecule has 2 rings (SSSR count). The van der Waals surface area contributed by atoms with Crippen LogP contribution in [-0.4, -0.2) is 11.4 Å². The van der Waals surface area contributed by atoms with Crippen LogP contribution in [0.3, 0.4) is 0 Å². The Hall–Kier alpha value is -2.05. The molecule has 0 atom stereocenters. The van der Waals surface area contributed by atoms with Crippen molar-refractivity contribution in [2.45, 2.75) is 26.9 Å². The molecule has 0 spiro atoms. The van der Waals surface area contributed by atoms with Crippen molar-refractivity contribution in [3.05, 3.63) is 59.0 Å². The highest BCUT2D eigenvalue weighted by Crippen LogP contribution is 2.15. The Morgan fingerprint density at radius 3 is 2.68 bits per heavy atom. The van der Waals surface area contributed by atoms with E-state index in [1.165, 1.54) is 5.56 Å². The molecule has 3 nitrogen and oxygen atoms in total. The number of furan rings is 1. The second kappa shape index (κ2) is 6.21. The van der Waals surface area contributed by atoms with Crippen molar-refractivity contribution in [1.29, 1.82) is 5.26 Å². The first-order chi connectivity index (χ1) is 9.22. The van der Waals surface area contributed by atoms with Gasteiger partial charge in [0, 0.05) is 6.54 Å². The normalized spacial score (nSPS) is 10.6. The molecule has 0 saturated heterocycles. The topological polar surface area (TPSA) is 40.2 Å². The molecule has 0 N–H and O–H groups in total. The molecular weight excluding hydrogens is 236 g/mol. The van der Waals surface area contributed by atoms with E-state index < -0.39 is 0 Å². The molecule has 0 bridgehead atoms. The van der Waals surface area contributed by atoms with E-state index >= 15 is 0 Å². The number of nitriles is 1. The van der Waals surface area contributed by atoms with Crippen LogP contribution in [0.15, 0.2) is 41.0 Å². The van der Waals surface area contributed by atoms with Crippen molar-refractivity contribution < 1.29 is 4.42 Å². The summed E-state index contributed by atoms with van der Waals surface area (Å²) in [5.74, 6) is 0.980. The molecule has 0 fully saturated rings. The summed E-state index contributed by atoms with van der Waals surface area (Å²) < 4.78 is 5.39. The van der Waals surface area contributed by atoms with E-state index in [2.05, 4.69) is 24.8 Å². The fraction of sp³-hybridized carbons (Fsp3) is 0.312. The maximum atomic E-state index is 8.88. The summed E-state index contributed by atoms with van der Waals surface area (Å²) in [5.41, 5.74) is 3.14. The average molecular weight is 254 g/mol. The molecule has 0 amide bonds. The zero-order valence-electron chi connectivity index (χ0n) is 11.4. The lowest BCUT2D eigenvalue weighted by Gasteiger charge is -2.20. The smallest absolute Gasteiger partial charge is 0.117 e. The first-order valence-corrected chi connectivity index (χ1v) is 6.47. The van der Waals surface area contributed by atoms with Gasteiger partial charge in [0.25, 0.3) is 0 Å².